The predicted molar refractivity (Wildman–Crippen MR) is 88.1 cm³/mol. The third kappa shape index (κ3) is 2.98. The molecular formula is C19H21NO4. The van der Waals surface area contributed by atoms with Crippen molar-refractivity contribution in [2.24, 2.45) is 0 Å². The van der Waals surface area contributed by atoms with Crippen molar-refractivity contribution in [2.45, 2.75) is 31.7 Å². The molecule has 0 aliphatic carbocycles. The molecule has 1 fully saturated rings. The summed E-state index contributed by atoms with van der Waals surface area (Å²) in [5.74, 6) is 2.62. The summed E-state index contributed by atoms with van der Waals surface area (Å²) in [4.78, 5) is 14.6. The number of rotatable bonds is 4. The molecule has 5 nitrogen and oxygen atoms in total. The average Bonchev–Trinajstić information content (AvgIpc) is 3.31. The maximum atomic E-state index is 12.6. The van der Waals surface area contributed by atoms with E-state index in [-0.39, 0.29) is 11.9 Å². The Bertz CT molecular complexity index is 710. The molecule has 4 rings (SSSR count). The van der Waals surface area contributed by atoms with Gasteiger partial charge in [-0.15, -0.1) is 0 Å². The van der Waals surface area contributed by atoms with Gasteiger partial charge in [0, 0.05) is 19.4 Å². The van der Waals surface area contributed by atoms with Crippen LogP contribution in [0.3, 0.4) is 0 Å². The summed E-state index contributed by atoms with van der Waals surface area (Å²) in [7, 11) is 0. The normalized spacial score (nSPS) is 19.5. The number of furan rings is 1. The fourth-order valence-corrected chi connectivity index (χ4v) is 3.51. The lowest BCUT2D eigenvalue weighted by Gasteiger charge is -2.26. The monoisotopic (exact) mass is 327 g/mol. The molecule has 0 N–H and O–H groups in total. The second kappa shape index (κ2) is 6.59. The second-order valence-corrected chi connectivity index (χ2v) is 6.23. The molecule has 0 spiro atoms. The van der Waals surface area contributed by atoms with E-state index in [0.29, 0.717) is 26.1 Å². The molecule has 2 aliphatic heterocycles. The molecule has 24 heavy (non-hydrogen) atoms. The van der Waals surface area contributed by atoms with Crippen LogP contribution in [0, 0.1) is 0 Å². The number of ether oxygens (including phenoxy) is 2. The van der Waals surface area contributed by atoms with E-state index in [1.807, 2.05) is 29.2 Å². The molecule has 1 amide bonds. The molecule has 2 aliphatic rings. The van der Waals surface area contributed by atoms with E-state index >= 15 is 0 Å². The van der Waals surface area contributed by atoms with Gasteiger partial charge in [-0.1, -0.05) is 6.07 Å². The van der Waals surface area contributed by atoms with E-state index in [2.05, 4.69) is 6.07 Å². The lowest BCUT2D eigenvalue weighted by atomic mass is 10.0. The highest BCUT2D eigenvalue weighted by molar-refractivity contribution is 5.77. The van der Waals surface area contributed by atoms with Gasteiger partial charge in [0.05, 0.1) is 12.3 Å². The number of aryl methyl sites for hydroxylation is 1. The Balaban J connectivity index is 1.47. The minimum absolute atomic E-state index is 0.130. The minimum atomic E-state index is 0.130. The van der Waals surface area contributed by atoms with Crippen LogP contribution in [0.4, 0.5) is 0 Å². The van der Waals surface area contributed by atoms with Crippen LogP contribution in [-0.4, -0.2) is 30.6 Å². The molecule has 2 aromatic rings. The Morgan fingerprint density at radius 1 is 1.17 bits per heavy atom. The smallest absolute Gasteiger partial charge is 0.223 e. The van der Waals surface area contributed by atoms with E-state index in [1.54, 1.807) is 6.26 Å². The van der Waals surface area contributed by atoms with Crippen LogP contribution in [0.25, 0.3) is 0 Å². The Morgan fingerprint density at radius 2 is 2.04 bits per heavy atom. The third-order valence-electron chi connectivity index (χ3n) is 4.69. The number of carbonyl (C=O) groups excluding carboxylic acids is 1. The predicted octanol–water partition coefficient (Wildman–Crippen LogP) is 3.35. The SMILES string of the molecule is O=C(CCc1ccco1)N1CCC[C@@H]1c1ccc2c(c1)OCCO2. The molecule has 0 radical (unpaired) electrons. The molecule has 1 aromatic carbocycles. The molecule has 5 heteroatoms. The summed E-state index contributed by atoms with van der Waals surface area (Å²) in [6, 6.07) is 9.93. The van der Waals surface area contributed by atoms with Gasteiger partial charge in [-0.25, -0.2) is 0 Å². The zero-order chi connectivity index (χ0) is 16.4. The Morgan fingerprint density at radius 3 is 2.88 bits per heavy atom. The molecule has 0 unspecified atom stereocenters. The van der Waals surface area contributed by atoms with Crippen LogP contribution in [-0.2, 0) is 11.2 Å². The fraction of sp³-hybridized carbons (Fsp3) is 0.421. The lowest BCUT2D eigenvalue weighted by molar-refractivity contribution is -0.132. The first kappa shape index (κ1) is 15.1. The largest absolute Gasteiger partial charge is 0.486 e. The molecule has 1 atom stereocenters. The van der Waals surface area contributed by atoms with Gasteiger partial charge in [0.1, 0.15) is 19.0 Å². The summed E-state index contributed by atoms with van der Waals surface area (Å²) >= 11 is 0. The molecule has 126 valence electrons. The van der Waals surface area contributed by atoms with Gasteiger partial charge in [0.15, 0.2) is 11.5 Å². The zero-order valence-corrected chi connectivity index (χ0v) is 13.6. The van der Waals surface area contributed by atoms with Gasteiger partial charge in [0.2, 0.25) is 5.91 Å². The Kier molecular flexibility index (Phi) is 4.15. The van der Waals surface area contributed by atoms with Crippen molar-refractivity contribution >= 4 is 5.91 Å². The van der Waals surface area contributed by atoms with Gasteiger partial charge < -0.3 is 18.8 Å². The van der Waals surface area contributed by atoms with E-state index < -0.39 is 0 Å². The number of hydrogen-bond acceptors (Lipinski definition) is 4. The van der Waals surface area contributed by atoms with Gasteiger partial charge in [-0.2, -0.15) is 0 Å². The molecule has 3 heterocycles. The lowest BCUT2D eigenvalue weighted by Crippen LogP contribution is -2.30. The Labute approximate surface area is 141 Å². The van der Waals surface area contributed by atoms with Crippen molar-refractivity contribution in [2.75, 3.05) is 19.8 Å². The van der Waals surface area contributed by atoms with Gasteiger partial charge >= 0.3 is 0 Å². The number of carbonyl (C=O) groups is 1. The van der Waals surface area contributed by atoms with Gasteiger partial charge in [-0.3, -0.25) is 4.79 Å². The van der Waals surface area contributed by atoms with Crippen molar-refractivity contribution in [3.63, 3.8) is 0 Å². The molecule has 0 saturated carbocycles. The Hall–Kier alpha value is -2.43. The molecule has 1 aromatic heterocycles. The highest BCUT2D eigenvalue weighted by Crippen LogP contribution is 2.38. The maximum Gasteiger partial charge on any atom is 0.223 e. The zero-order valence-electron chi connectivity index (χ0n) is 13.6. The summed E-state index contributed by atoms with van der Waals surface area (Å²) in [6.45, 7) is 1.98. The van der Waals surface area contributed by atoms with E-state index in [1.165, 1.54) is 0 Å². The minimum Gasteiger partial charge on any atom is -0.486 e. The summed E-state index contributed by atoms with van der Waals surface area (Å²) in [5.41, 5.74) is 1.13. The summed E-state index contributed by atoms with van der Waals surface area (Å²) in [6.07, 6.45) is 4.80. The maximum absolute atomic E-state index is 12.6. The van der Waals surface area contributed by atoms with Gasteiger partial charge in [-0.05, 0) is 42.7 Å². The standard InChI is InChI=1S/C19H21NO4/c21-19(8-6-15-3-2-10-22-15)20-9-1-4-16(20)14-5-7-17-18(13-14)24-12-11-23-17/h2-3,5,7,10,13,16H,1,4,6,8-9,11-12H2/t16-/m1/s1. The second-order valence-electron chi connectivity index (χ2n) is 6.23. The van der Waals surface area contributed by atoms with Crippen LogP contribution in [0.2, 0.25) is 0 Å². The van der Waals surface area contributed by atoms with Crippen molar-refractivity contribution in [3.05, 3.63) is 47.9 Å². The number of likely N-dealkylation sites (tertiary alicyclic amines) is 1. The molecule has 0 bridgehead atoms. The van der Waals surface area contributed by atoms with E-state index in [0.717, 1.165) is 42.2 Å². The first-order valence-corrected chi connectivity index (χ1v) is 8.52. The quantitative estimate of drug-likeness (QED) is 0.864. The number of amides is 1. The summed E-state index contributed by atoms with van der Waals surface area (Å²) < 4.78 is 16.6. The molecular weight excluding hydrogens is 306 g/mol. The highest BCUT2D eigenvalue weighted by atomic mass is 16.6. The first-order valence-electron chi connectivity index (χ1n) is 8.52. The van der Waals surface area contributed by atoms with Crippen molar-refractivity contribution in [1.29, 1.82) is 0 Å². The van der Waals surface area contributed by atoms with E-state index in [4.69, 9.17) is 13.9 Å². The van der Waals surface area contributed by atoms with Crippen molar-refractivity contribution < 1.29 is 18.7 Å². The highest BCUT2D eigenvalue weighted by Gasteiger charge is 2.30. The van der Waals surface area contributed by atoms with Crippen molar-refractivity contribution in [1.82, 2.24) is 4.90 Å². The number of fused-ring (bicyclic) bond motifs is 1. The summed E-state index contributed by atoms with van der Waals surface area (Å²) in [5, 5.41) is 0. The van der Waals surface area contributed by atoms with Gasteiger partial charge in [0.25, 0.3) is 0 Å². The van der Waals surface area contributed by atoms with Crippen LogP contribution >= 0.6 is 0 Å². The average molecular weight is 327 g/mol. The third-order valence-corrected chi connectivity index (χ3v) is 4.69. The first-order chi connectivity index (χ1) is 11.8. The van der Waals surface area contributed by atoms with Crippen molar-refractivity contribution in [3.8, 4) is 11.5 Å². The topological polar surface area (TPSA) is 51.9 Å². The van der Waals surface area contributed by atoms with Crippen LogP contribution in [0.5, 0.6) is 11.5 Å². The van der Waals surface area contributed by atoms with Crippen LogP contribution in [0.15, 0.2) is 41.0 Å². The van der Waals surface area contributed by atoms with E-state index in [9.17, 15) is 4.79 Å². The number of nitrogens with zero attached hydrogens (tertiary/aromatic N) is 1. The number of hydrogen-bond donors (Lipinski definition) is 0. The molecule has 1 saturated heterocycles. The van der Waals surface area contributed by atoms with Crippen LogP contribution < -0.4 is 9.47 Å². The fourth-order valence-electron chi connectivity index (χ4n) is 3.51. The van der Waals surface area contributed by atoms with Crippen LogP contribution in [0.1, 0.15) is 36.6 Å². The number of benzene rings is 1.